The lowest BCUT2D eigenvalue weighted by atomic mass is 10.2. The molecule has 0 aliphatic rings. The van der Waals surface area contributed by atoms with Gasteiger partial charge >= 0.3 is 0 Å². The maximum absolute atomic E-state index is 12.1. The number of hydrogen-bond acceptors (Lipinski definition) is 3. The van der Waals surface area contributed by atoms with Crippen molar-refractivity contribution < 1.29 is 12.6 Å². The van der Waals surface area contributed by atoms with Crippen LogP contribution in [0.2, 0.25) is 0 Å². The van der Waals surface area contributed by atoms with Gasteiger partial charge in [0.25, 0.3) is 0 Å². The third kappa shape index (κ3) is 3.15. The molecule has 0 bridgehead atoms. The van der Waals surface area contributed by atoms with Gasteiger partial charge in [-0.2, -0.15) is 0 Å². The monoisotopic (exact) mass is 260 g/mol. The van der Waals surface area contributed by atoms with Crippen molar-refractivity contribution in [3.63, 3.8) is 0 Å². The summed E-state index contributed by atoms with van der Waals surface area (Å²) in [6.45, 7) is 3.67. The molecule has 0 aliphatic heterocycles. The first-order valence-corrected chi connectivity index (χ1v) is 8.19. The Balaban J connectivity index is 3.06. The molecule has 16 heavy (non-hydrogen) atoms. The Morgan fingerprint density at radius 3 is 2.12 bits per heavy atom. The minimum Gasteiger partial charge on any atom is -0.253 e. The van der Waals surface area contributed by atoms with Crippen LogP contribution >= 0.6 is 0 Å². The van der Waals surface area contributed by atoms with E-state index in [1.54, 1.807) is 19.1 Å². The van der Waals surface area contributed by atoms with Crippen LogP contribution < -0.4 is 0 Å². The normalized spacial score (nSPS) is 15.7. The summed E-state index contributed by atoms with van der Waals surface area (Å²) in [7, 11) is -4.76. The van der Waals surface area contributed by atoms with Crippen LogP contribution in [0.1, 0.15) is 18.9 Å². The summed E-state index contributed by atoms with van der Waals surface area (Å²) in [6, 6.07) is 7.11. The molecule has 0 aliphatic carbocycles. The fraction of sp³-hybridized carbons (Fsp3) is 0.455. The number of rotatable bonds is 4. The van der Waals surface area contributed by atoms with E-state index in [2.05, 4.69) is 0 Å². The van der Waals surface area contributed by atoms with Crippen molar-refractivity contribution in [2.45, 2.75) is 29.7 Å². The van der Waals surface area contributed by atoms with E-state index in [-0.39, 0.29) is 0 Å². The summed E-state index contributed by atoms with van der Waals surface area (Å²) >= 11 is 0. The van der Waals surface area contributed by atoms with Gasteiger partial charge in [0.2, 0.25) is 0 Å². The molecule has 1 rings (SSSR count). The molecule has 0 saturated carbocycles. The Labute approximate surface area is 99.3 Å². The minimum absolute atomic E-state index is 0.360. The SMILES string of the molecule is CCC(S(=O)c1ccc(C)cc1)S(C)(=O)=O. The Morgan fingerprint density at radius 1 is 1.25 bits per heavy atom. The molecule has 2 atom stereocenters. The van der Waals surface area contributed by atoms with Crippen LogP contribution in [0.25, 0.3) is 0 Å². The van der Waals surface area contributed by atoms with Gasteiger partial charge in [0, 0.05) is 11.2 Å². The van der Waals surface area contributed by atoms with Crippen molar-refractivity contribution in [3.05, 3.63) is 29.8 Å². The van der Waals surface area contributed by atoms with E-state index in [1.165, 1.54) is 0 Å². The Bertz CT molecular complexity index is 474. The van der Waals surface area contributed by atoms with Crippen molar-refractivity contribution in [3.8, 4) is 0 Å². The summed E-state index contributed by atoms with van der Waals surface area (Å²) < 4.78 is 34.2. The van der Waals surface area contributed by atoms with Crippen molar-refractivity contribution in [1.82, 2.24) is 0 Å². The summed E-state index contributed by atoms with van der Waals surface area (Å²) in [5.41, 5.74) is 1.06. The average molecular weight is 260 g/mol. The fourth-order valence-corrected chi connectivity index (χ4v) is 4.66. The highest BCUT2D eigenvalue weighted by Gasteiger charge is 2.26. The second-order valence-electron chi connectivity index (χ2n) is 3.78. The minimum atomic E-state index is -3.27. The maximum atomic E-state index is 12.1. The van der Waals surface area contributed by atoms with Crippen LogP contribution in [0, 0.1) is 6.92 Å². The molecule has 5 heteroatoms. The van der Waals surface area contributed by atoms with Gasteiger partial charge in [-0.15, -0.1) is 0 Å². The highest BCUT2D eigenvalue weighted by molar-refractivity contribution is 8.05. The van der Waals surface area contributed by atoms with Crippen LogP contribution in [-0.2, 0) is 20.6 Å². The zero-order valence-corrected chi connectivity index (χ0v) is 11.3. The maximum Gasteiger partial charge on any atom is 0.162 e. The van der Waals surface area contributed by atoms with Gasteiger partial charge < -0.3 is 0 Å². The van der Waals surface area contributed by atoms with Crippen LogP contribution in [0.5, 0.6) is 0 Å². The van der Waals surface area contributed by atoms with Gasteiger partial charge in [0.1, 0.15) is 4.58 Å². The van der Waals surface area contributed by atoms with E-state index in [9.17, 15) is 12.6 Å². The molecular formula is C11H16O3S2. The zero-order valence-electron chi connectivity index (χ0n) is 9.64. The Kier molecular flexibility index (Phi) is 4.27. The molecule has 0 amide bonds. The van der Waals surface area contributed by atoms with E-state index >= 15 is 0 Å². The lowest BCUT2D eigenvalue weighted by Gasteiger charge is -2.12. The van der Waals surface area contributed by atoms with Crippen molar-refractivity contribution in [1.29, 1.82) is 0 Å². The summed E-state index contributed by atoms with van der Waals surface area (Å²) in [6.07, 6.45) is 1.49. The number of benzene rings is 1. The van der Waals surface area contributed by atoms with E-state index in [0.29, 0.717) is 11.3 Å². The largest absolute Gasteiger partial charge is 0.253 e. The fourth-order valence-electron chi connectivity index (χ4n) is 1.44. The molecule has 1 aromatic rings. The zero-order chi connectivity index (χ0) is 12.3. The van der Waals surface area contributed by atoms with Crippen LogP contribution in [0.15, 0.2) is 29.2 Å². The van der Waals surface area contributed by atoms with Crippen molar-refractivity contribution >= 4 is 20.6 Å². The standard InChI is InChI=1S/C11H16O3S2/c1-4-11(16(3,13)14)15(12)10-7-5-9(2)6-8-10/h5-8,11H,4H2,1-3H3. The van der Waals surface area contributed by atoms with Crippen LogP contribution in [0.4, 0.5) is 0 Å². The highest BCUT2D eigenvalue weighted by Crippen LogP contribution is 2.18. The Morgan fingerprint density at radius 2 is 1.75 bits per heavy atom. The molecule has 0 saturated heterocycles. The third-order valence-corrected chi connectivity index (χ3v) is 6.71. The predicted octanol–water partition coefficient (Wildman–Crippen LogP) is 1.88. The molecule has 0 spiro atoms. The number of hydrogen-bond donors (Lipinski definition) is 0. The molecule has 2 unspecified atom stereocenters. The molecule has 0 fully saturated rings. The lowest BCUT2D eigenvalue weighted by molar-refractivity contribution is 0.595. The first-order valence-electron chi connectivity index (χ1n) is 5.02. The van der Waals surface area contributed by atoms with Crippen LogP contribution in [0.3, 0.4) is 0 Å². The van der Waals surface area contributed by atoms with Gasteiger partial charge in [-0.25, -0.2) is 8.42 Å². The average Bonchev–Trinajstić information content (AvgIpc) is 2.17. The van der Waals surface area contributed by atoms with E-state index < -0.39 is 25.2 Å². The van der Waals surface area contributed by atoms with E-state index in [4.69, 9.17) is 0 Å². The van der Waals surface area contributed by atoms with Crippen molar-refractivity contribution in [2.24, 2.45) is 0 Å². The topological polar surface area (TPSA) is 51.2 Å². The predicted molar refractivity (Wildman–Crippen MR) is 66.5 cm³/mol. The van der Waals surface area contributed by atoms with Gasteiger partial charge in [0.15, 0.2) is 9.84 Å². The lowest BCUT2D eigenvalue weighted by Crippen LogP contribution is -2.24. The molecule has 0 aromatic heterocycles. The molecule has 0 N–H and O–H groups in total. The Hall–Kier alpha value is -0.680. The van der Waals surface area contributed by atoms with E-state index in [0.717, 1.165) is 11.8 Å². The summed E-state index contributed by atoms with van der Waals surface area (Å²) in [5, 5.41) is 0. The number of sulfone groups is 1. The summed E-state index contributed by atoms with van der Waals surface area (Å²) in [4.78, 5) is 0.572. The van der Waals surface area contributed by atoms with Gasteiger partial charge in [0.05, 0.1) is 10.8 Å². The molecule has 0 radical (unpaired) electrons. The molecule has 0 heterocycles. The van der Waals surface area contributed by atoms with Gasteiger partial charge in [-0.05, 0) is 25.5 Å². The highest BCUT2D eigenvalue weighted by atomic mass is 32.3. The molecule has 3 nitrogen and oxygen atoms in total. The van der Waals surface area contributed by atoms with E-state index in [1.807, 2.05) is 19.1 Å². The quantitative estimate of drug-likeness (QED) is 0.830. The summed E-state index contributed by atoms with van der Waals surface area (Å²) in [5.74, 6) is 0. The second-order valence-corrected chi connectivity index (χ2v) is 7.94. The van der Waals surface area contributed by atoms with Crippen LogP contribution in [-0.4, -0.2) is 23.5 Å². The molecule has 90 valence electrons. The third-order valence-electron chi connectivity index (χ3n) is 2.30. The second kappa shape index (κ2) is 5.10. The number of aryl methyl sites for hydroxylation is 1. The molecule has 1 aromatic carbocycles. The first-order chi connectivity index (χ1) is 7.36. The molecular weight excluding hydrogens is 244 g/mol. The smallest absolute Gasteiger partial charge is 0.162 e. The van der Waals surface area contributed by atoms with Gasteiger partial charge in [-0.1, -0.05) is 24.6 Å². The van der Waals surface area contributed by atoms with Crippen molar-refractivity contribution in [2.75, 3.05) is 6.26 Å². The first kappa shape index (κ1) is 13.4. The van der Waals surface area contributed by atoms with Gasteiger partial charge in [-0.3, -0.25) is 4.21 Å².